The Morgan fingerprint density at radius 2 is 1.37 bits per heavy atom. The molecule has 182 valence electrons. The van der Waals surface area contributed by atoms with Gasteiger partial charge in [-0.05, 0) is 61.1 Å². The van der Waals surface area contributed by atoms with Crippen molar-refractivity contribution in [1.29, 1.82) is 0 Å². The van der Waals surface area contributed by atoms with Gasteiger partial charge in [0.1, 0.15) is 5.01 Å². The second kappa shape index (κ2) is 10.9. The summed E-state index contributed by atoms with van der Waals surface area (Å²) in [6, 6.07) is 12.7. The summed E-state index contributed by atoms with van der Waals surface area (Å²) < 4.78 is 2.40. The first kappa shape index (κ1) is 25.4. The topological polar surface area (TPSA) is 51.6 Å². The van der Waals surface area contributed by atoms with Gasteiger partial charge in [-0.15, -0.1) is 22.7 Å². The molecule has 1 aromatic carbocycles. The highest BCUT2D eigenvalue weighted by atomic mass is 32.1. The fraction of sp³-hybridized carbons (Fsp3) is 0.379. The van der Waals surface area contributed by atoms with Gasteiger partial charge in [0, 0.05) is 18.0 Å². The van der Waals surface area contributed by atoms with E-state index in [-0.39, 0.29) is 5.41 Å². The van der Waals surface area contributed by atoms with Gasteiger partial charge in [-0.25, -0.2) is 9.97 Å². The molecule has 0 atom stereocenters. The average Bonchev–Trinajstić information content (AvgIpc) is 3.48. The van der Waals surface area contributed by atoms with E-state index in [1.165, 1.54) is 27.8 Å². The van der Waals surface area contributed by atoms with Gasteiger partial charge in [0.05, 0.1) is 36.8 Å². The third-order valence-corrected chi connectivity index (χ3v) is 8.80. The molecule has 0 fully saturated rings. The number of aromatic nitrogens is 4. The Hall–Kier alpha value is -2.70. The SMILES string of the molecule is CCC(C)(CC)c1ccc(-c2ccc(-c3nc4cc5nc(C)sc5cc4s3)cn2)nc1.CCCC. The Labute approximate surface area is 216 Å². The number of aryl methyl sites for hydroxylation is 1. The highest BCUT2D eigenvalue weighted by Crippen LogP contribution is 2.35. The van der Waals surface area contributed by atoms with Crippen molar-refractivity contribution in [3.63, 3.8) is 0 Å². The minimum absolute atomic E-state index is 0.179. The van der Waals surface area contributed by atoms with E-state index in [1.54, 1.807) is 22.7 Å². The van der Waals surface area contributed by atoms with Crippen molar-refractivity contribution in [2.45, 2.75) is 72.6 Å². The molecular weight excluding hydrogens is 468 g/mol. The molecule has 0 N–H and O–H groups in total. The Balaban J connectivity index is 0.000000672. The lowest BCUT2D eigenvalue weighted by atomic mass is 9.78. The molecule has 0 aliphatic heterocycles. The van der Waals surface area contributed by atoms with Gasteiger partial charge in [-0.1, -0.05) is 53.5 Å². The van der Waals surface area contributed by atoms with Gasteiger partial charge in [0.2, 0.25) is 0 Å². The standard InChI is InChI=1S/C25H24N4S2.C4H10/c1-5-25(4,6-2)17-8-10-19(27-14-17)18-9-7-16(13-26-18)24-29-21-11-20-22(12-23(21)31-24)30-15(3)28-20;1-3-4-2/h7-14H,5-6H2,1-4H3;3-4H2,1-2H3. The number of hydrogen-bond donors (Lipinski definition) is 0. The molecule has 0 saturated heterocycles. The van der Waals surface area contributed by atoms with Crippen molar-refractivity contribution in [2.24, 2.45) is 0 Å². The van der Waals surface area contributed by atoms with Crippen molar-refractivity contribution >= 4 is 43.1 Å². The van der Waals surface area contributed by atoms with Gasteiger partial charge in [-0.3, -0.25) is 9.97 Å². The van der Waals surface area contributed by atoms with Gasteiger partial charge in [-0.2, -0.15) is 0 Å². The second-order valence-electron chi connectivity index (χ2n) is 9.17. The third-order valence-electron chi connectivity index (χ3n) is 6.80. The molecule has 35 heavy (non-hydrogen) atoms. The molecule has 5 aromatic rings. The van der Waals surface area contributed by atoms with E-state index in [0.717, 1.165) is 50.8 Å². The largest absolute Gasteiger partial charge is 0.254 e. The molecule has 6 heteroatoms. The van der Waals surface area contributed by atoms with Crippen LogP contribution in [0.5, 0.6) is 0 Å². The van der Waals surface area contributed by atoms with E-state index in [9.17, 15) is 0 Å². The van der Waals surface area contributed by atoms with Crippen LogP contribution < -0.4 is 0 Å². The van der Waals surface area contributed by atoms with Crippen LogP contribution in [-0.2, 0) is 5.41 Å². The van der Waals surface area contributed by atoms with Crippen LogP contribution in [0.15, 0.2) is 48.8 Å². The van der Waals surface area contributed by atoms with Gasteiger partial charge < -0.3 is 0 Å². The Kier molecular flexibility index (Phi) is 7.92. The van der Waals surface area contributed by atoms with Gasteiger partial charge in [0.15, 0.2) is 0 Å². The summed E-state index contributed by atoms with van der Waals surface area (Å²) in [5.74, 6) is 0. The maximum atomic E-state index is 4.83. The fourth-order valence-electron chi connectivity index (χ4n) is 3.82. The minimum Gasteiger partial charge on any atom is -0.254 e. The molecule has 0 aliphatic carbocycles. The summed E-state index contributed by atoms with van der Waals surface area (Å²) in [5.41, 5.74) is 6.29. The third kappa shape index (κ3) is 5.44. The first-order valence-electron chi connectivity index (χ1n) is 12.5. The maximum absolute atomic E-state index is 4.83. The van der Waals surface area contributed by atoms with Crippen molar-refractivity contribution in [1.82, 2.24) is 19.9 Å². The smallest absolute Gasteiger partial charge is 0.126 e. The highest BCUT2D eigenvalue weighted by molar-refractivity contribution is 7.22. The molecule has 0 saturated carbocycles. The molecule has 5 rings (SSSR count). The van der Waals surface area contributed by atoms with Crippen LogP contribution in [-0.4, -0.2) is 19.9 Å². The molecule has 4 aromatic heterocycles. The second-order valence-corrected chi connectivity index (χ2v) is 11.4. The van der Waals surface area contributed by atoms with E-state index in [1.807, 2.05) is 25.4 Å². The summed E-state index contributed by atoms with van der Waals surface area (Å²) >= 11 is 3.42. The van der Waals surface area contributed by atoms with Crippen LogP contribution in [0.3, 0.4) is 0 Å². The Bertz CT molecular complexity index is 1340. The zero-order valence-corrected chi connectivity index (χ0v) is 23.2. The summed E-state index contributed by atoms with van der Waals surface area (Å²) in [4.78, 5) is 18.8. The number of fused-ring (bicyclic) bond motifs is 2. The number of rotatable bonds is 6. The molecule has 0 aliphatic rings. The lowest BCUT2D eigenvalue weighted by Gasteiger charge is -2.26. The monoisotopic (exact) mass is 502 g/mol. The van der Waals surface area contributed by atoms with Crippen LogP contribution in [0.4, 0.5) is 0 Å². The molecule has 0 bridgehead atoms. The van der Waals surface area contributed by atoms with Gasteiger partial charge in [0.25, 0.3) is 0 Å². The lowest BCUT2D eigenvalue weighted by molar-refractivity contribution is 0.437. The minimum atomic E-state index is 0.179. The van der Waals surface area contributed by atoms with Crippen LogP contribution in [0.2, 0.25) is 0 Å². The number of thiazole rings is 2. The molecule has 0 radical (unpaired) electrons. The fourth-order valence-corrected chi connectivity index (χ4v) is 5.72. The predicted molar refractivity (Wildman–Crippen MR) is 153 cm³/mol. The predicted octanol–water partition coefficient (Wildman–Crippen LogP) is 9.22. The van der Waals surface area contributed by atoms with Crippen LogP contribution in [0.25, 0.3) is 42.4 Å². The first-order chi connectivity index (χ1) is 16.9. The lowest BCUT2D eigenvalue weighted by Crippen LogP contribution is -2.19. The number of nitrogens with zero attached hydrogens (tertiary/aromatic N) is 4. The molecule has 4 nitrogen and oxygen atoms in total. The van der Waals surface area contributed by atoms with Crippen molar-refractivity contribution in [2.75, 3.05) is 0 Å². The zero-order valence-electron chi connectivity index (χ0n) is 21.6. The molecule has 0 unspecified atom stereocenters. The molecule has 4 heterocycles. The van der Waals surface area contributed by atoms with Gasteiger partial charge >= 0.3 is 0 Å². The van der Waals surface area contributed by atoms with Crippen LogP contribution >= 0.6 is 22.7 Å². The van der Waals surface area contributed by atoms with E-state index >= 15 is 0 Å². The zero-order chi connectivity index (χ0) is 25.0. The van der Waals surface area contributed by atoms with Crippen LogP contribution in [0, 0.1) is 6.92 Å². The van der Waals surface area contributed by atoms with E-state index < -0.39 is 0 Å². The summed E-state index contributed by atoms with van der Waals surface area (Å²) in [6.45, 7) is 13.2. The molecule has 0 spiro atoms. The average molecular weight is 503 g/mol. The molecule has 0 amide bonds. The quantitative estimate of drug-likeness (QED) is 0.232. The van der Waals surface area contributed by atoms with E-state index in [0.29, 0.717) is 0 Å². The normalized spacial score (nSPS) is 11.6. The van der Waals surface area contributed by atoms with Crippen molar-refractivity contribution < 1.29 is 0 Å². The Morgan fingerprint density at radius 3 is 1.94 bits per heavy atom. The highest BCUT2D eigenvalue weighted by Gasteiger charge is 2.22. The first-order valence-corrected chi connectivity index (χ1v) is 14.1. The number of benzene rings is 1. The summed E-state index contributed by atoms with van der Waals surface area (Å²) in [5, 5.41) is 2.07. The van der Waals surface area contributed by atoms with Crippen molar-refractivity contribution in [3.05, 3.63) is 59.4 Å². The Morgan fingerprint density at radius 1 is 0.743 bits per heavy atom. The maximum Gasteiger partial charge on any atom is 0.126 e. The summed E-state index contributed by atoms with van der Waals surface area (Å²) in [6.07, 6.45) is 8.75. The van der Waals surface area contributed by atoms with Crippen LogP contribution in [0.1, 0.15) is 70.9 Å². The number of unbranched alkanes of at least 4 members (excludes halogenated alkanes) is 1. The number of hydrogen-bond acceptors (Lipinski definition) is 6. The summed E-state index contributed by atoms with van der Waals surface area (Å²) in [7, 11) is 0. The van der Waals surface area contributed by atoms with Crippen molar-refractivity contribution in [3.8, 4) is 22.0 Å². The number of pyridine rings is 2. The van der Waals surface area contributed by atoms with E-state index in [2.05, 4.69) is 74.9 Å². The van der Waals surface area contributed by atoms with E-state index in [4.69, 9.17) is 9.97 Å². The molecular formula is C29H34N4S2.